The van der Waals surface area contributed by atoms with Crippen LogP contribution in [0.3, 0.4) is 0 Å². The predicted molar refractivity (Wildman–Crippen MR) is 145 cm³/mol. The van der Waals surface area contributed by atoms with Gasteiger partial charge in [-0.1, -0.05) is 45.4 Å². The van der Waals surface area contributed by atoms with E-state index in [1.54, 1.807) is 0 Å². The fourth-order valence-electron chi connectivity index (χ4n) is 6.38. The first-order valence-electron chi connectivity index (χ1n) is 14.6. The summed E-state index contributed by atoms with van der Waals surface area (Å²) >= 11 is 0. The molecule has 232 valence electrons. The zero-order chi connectivity index (χ0) is 30.9. The minimum Gasteiger partial charge on any atom is -0.493 e. The van der Waals surface area contributed by atoms with Crippen molar-refractivity contribution in [2.24, 2.45) is 17.8 Å². The summed E-state index contributed by atoms with van der Waals surface area (Å²) in [6.07, 6.45) is 5.41. The van der Waals surface area contributed by atoms with Crippen molar-refractivity contribution < 1.29 is 44.6 Å². The van der Waals surface area contributed by atoms with Crippen LogP contribution in [0, 0.1) is 52.7 Å². The maximum Gasteiger partial charge on any atom is 0.432 e. The van der Waals surface area contributed by atoms with Crippen molar-refractivity contribution in [1.82, 2.24) is 0 Å². The number of unbranched alkanes of at least 4 members (excludes halogenated alkanes) is 2. The standard InChI is InChI=1S/C33H32F8O2/c1-2-3-4-5-18-6-8-19(9-7-18)22-10-21-13-25(34)24(16-30(21)42-17-22)20-11-26(35)31(27(36)12-20)33(40,41)43-23-14-28(37)32(39)29(38)15-23/h11-16,18-19,22H,2-10,17H2,1H3/t18?,19?,22-/m0/s1. The SMILES string of the molecule is CCCCCC1CCC([C@@H]2COc3cc(-c4cc(F)c(C(F)(F)Oc5cc(F)c(F)c(F)c5)c(F)c4)c(F)cc3C2)CC1. The molecule has 1 atom stereocenters. The van der Waals surface area contributed by atoms with Gasteiger partial charge in [0.15, 0.2) is 17.5 Å². The van der Waals surface area contributed by atoms with Crippen molar-refractivity contribution >= 4 is 0 Å². The van der Waals surface area contributed by atoms with Gasteiger partial charge in [0.05, 0.1) is 6.61 Å². The summed E-state index contributed by atoms with van der Waals surface area (Å²) in [5.41, 5.74) is -1.83. The van der Waals surface area contributed by atoms with Crippen LogP contribution in [-0.4, -0.2) is 6.61 Å². The number of halogens is 8. The molecule has 3 aromatic rings. The quantitative estimate of drug-likeness (QED) is 0.136. The fourth-order valence-corrected chi connectivity index (χ4v) is 6.38. The molecule has 1 saturated carbocycles. The minimum atomic E-state index is -4.75. The molecule has 5 rings (SSSR count). The second-order valence-electron chi connectivity index (χ2n) is 11.6. The Morgan fingerprint density at radius 1 is 0.767 bits per heavy atom. The van der Waals surface area contributed by atoms with Gasteiger partial charge in [-0.3, -0.25) is 0 Å². The van der Waals surface area contributed by atoms with Crippen LogP contribution >= 0.6 is 0 Å². The van der Waals surface area contributed by atoms with Gasteiger partial charge in [-0.15, -0.1) is 0 Å². The van der Waals surface area contributed by atoms with Crippen LogP contribution < -0.4 is 9.47 Å². The molecule has 1 aliphatic carbocycles. The first-order chi connectivity index (χ1) is 20.5. The topological polar surface area (TPSA) is 18.5 Å². The smallest absolute Gasteiger partial charge is 0.432 e. The monoisotopic (exact) mass is 612 g/mol. The molecule has 10 heteroatoms. The average molecular weight is 613 g/mol. The molecule has 0 bridgehead atoms. The molecule has 0 radical (unpaired) electrons. The Bertz CT molecular complexity index is 1420. The Hall–Kier alpha value is -3.30. The molecule has 2 nitrogen and oxygen atoms in total. The van der Waals surface area contributed by atoms with E-state index in [4.69, 9.17) is 4.74 Å². The summed E-state index contributed by atoms with van der Waals surface area (Å²) in [6, 6.07) is 3.81. The Kier molecular flexibility index (Phi) is 9.23. The molecule has 3 aromatic carbocycles. The zero-order valence-corrected chi connectivity index (χ0v) is 23.6. The second kappa shape index (κ2) is 12.7. The number of fused-ring (bicyclic) bond motifs is 1. The largest absolute Gasteiger partial charge is 0.493 e. The van der Waals surface area contributed by atoms with Gasteiger partial charge in [0, 0.05) is 17.7 Å². The van der Waals surface area contributed by atoms with Crippen molar-refractivity contribution in [1.29, 1.82) is 0 Å². The molecule has 1 aliphatic heterocycles. The van der Waals surface area contributed by atoms with Gasteiger partial charge in [0.25, 0.3) is 0 Å². The van der Waals surface area contributed by atoms with Gasteiger partial charge in [0.1, 0.15) is 34.5 Å². The van der Waals surface area contributed by atoms with Crippen LogP contribution in [0.4, 0.5) is 35.1 Å². The summed E-state index contributed by atoms with van der Waals surface area (Å²) < 4.78 is 125. The van der Waals surface area contributed by atoms with Crippen LogP contribution in [0.2, 0.25) is 0 Å². The van der Waals surface area contributed by atoms with E-state index >= 15 is 4.39 Å². The Balaban J connectivity index is 1.31. The predicted octanol–water partition coefficient (Wildman–Crippen LogP) is 10.3. The summed E-state index contributed by atoms with van der Waals surface area (Å²) in [4.78, 5) is 0. The summed E-state index contributed by atoms with van der Waals surface area (Å²) in [7, 11) is 0. The highest BCUT2D eigenvalue weighted by Gasteiger charge is 2.42. The minimum absolute atomic E-state index is 0.114. The Morgan fingerprint density at radius 3 is 2.05 bits per heavy atom. The highest BCUT2D eigenvalue weighted by molar-refractivity contribution is 5.68. The number of rotatable bonds is 9. The molecular weight excluding hydrogens is 580 g/mol. The van der Waals surface area contributed by atoms with E-state index in [2.05, 4.69) is 11.7 Å². The molecule has 0 aromatic heterocycles. The lowest BCUT2D eigenvalue weighted by molar-refractivity contribution is -0.189. The molecule has 1 fully saturated rings. The van der Waals surface area contributed by atoms with E-state index in [9.17, 15) is 30.7 Å². The van der Waals surface area contributed by atoms with Crippen LogP contribution in [0.1, 0.15) is 69.4 Å². The van der Waals surface area contributed by atoms with E-state index in [1.165, 1.54) is 50.7 Å². The molecule has 43 heavy (non-hydrogen) atoms. The van der Waals surface area contributed by atoms with Crippen molar-refractivity contribution in [2.75, 3.05) is 6.61 Å². The average Bonchev–Trinajstić information content (AvgIpc) is 2.95. The molecular formula is C33H32F8O2. The highest BCUT2D eigenvalue weighted by atomic mass is 19.3. The first kappa shape index (κ1) is 31.1. The van der Waals surface area contributed by atoms with Crippen molar-refractivity contribution in [3.05, 3.63) is 82.4 Å². The van der Waals surface area contributed by atoms with E-state index in [-0.39, 0.29) is 29.2 Å². The maximum atomic E-state index is 15.3. The van der Waals surface area contributed by atoms with E-state index in [0.29, 0.717) is 42.4 Å². The van der Waals surface area contributed by atoms with Crippen molar-refractivity contribution in [3.63, 3.8) is 0 Å². The third-order valence-electron chi connectivity index (χ3n) is 8.71. The molecule has 0 N–H and O–H groups in total. The van der Waals surface area contributed by atoms with Crippen LogP contribution in [0.15, 0.2) is 36.4 Å². The van der Waals surface area contributed by atoms with Gasteiger partial charge < -0.3 is 9.47 Å². The van der Waals surface area contributed by atoms with Gasteiger partial charge in [-0.2, -0.15) is 8.78 Å². The van der Waals surface area contributed by atoms with Gasteiger partial charge in [-0.05, 0) is 72.4 Å². The lowest BCUT2D eigenvalue weighted by Crippen LogP contribution is -2.31. The molecule has 1 heterocycles. The third kappa shape index (κ3) is 6.78. The molecule has 0 unspecified atom stereocenters. The number of hydrogen-bond acceptors (Lipinski definition) is 2. The second-order valence-corrected chi connectivity index (χ2v) is 11.6. The first-order valence-corrected chi connectivity index (χ1v) is 14.6. The highest BCUT2D eigenvalue weighted by Crippen LogP contribution is 2.43. The molecule has 0 spiro atoms. The van der Waals surface area contributed by atoms with Crippen LogP contribution in [-0.2, 0) is 12.5 Å². The van der Waals surface area contributed by atoms with Crippen molar-refractivity contribution in [3.8, 4) is 22.6 Å². The number of alkyl halides is 2. The Labute approximate surface area is 245 Å². The molecule has 2 aliphatic rings. The number of ether oxygens (including phenoxy) is 2. The van der Waals surface area contributed by atoms with Gasteiger partial charge in [0.2, 0.25) is 0 Å². The van der Waals surface area contributed by atoms with Crippen LogP contribution in [0.25, 0.3) is 11.1 Å². The molecule has 0 saturated heterocycles. The summed E-state index contributed by atoms with van der Waals surface area (Å²) in [5.74, 6) is -9.33. The lowest BCUT2D eigenvalue weighted by atomic mass is 9.72. The number of benzene rings is 3. The fraction of sp³-hybridized carbons (Fsp3) is 0.455. The van der Waals surface area contributed by atoms with E-state index in [1.807, 2.05) is 0 Å². The van der Waals surface area contributed by atoms with E-state index < -0.39 is 52.3 Å². The lowest BCUT2D eigenvalue weighted by Gasteiger charge is -2.36. The molecule has 0 amide bonds. The van der Waals surface area contributed by atoms with Crippen molar-refractivity contribution in [2.45, 2.75) is 70.8 Å². The Morgan fingerprint density at radius 2 is 1.42 bits per heavy atom. The summed E-state index contributed by atoms with van der Waals surface area (Å²) in [5, 5.41) is 0. The third-order valence-corrected chi connectivity index (χ3v) is 8.71. The normalized spacial score (nSPS) is 20.4. The van der Waals surface area contributed by atoms with Gasteiger partial charge >= 0.3 is 6.11 Å². The number of hydrogen-bond donors (Lipinski definition) is 0. The zero-order valence-electron chi connectivity index (χ0n) is 23.6. The van der Waals surface area contributed by atoms with E-state index in [0.717, 1.165) is 18.8 Å². The van der Waals surface area contributed by atoms with Crippen LogP contribution in [0.5, 0.6) is 11.5 Å². The van der Waals surface area contributed by atoms with Gasteiger partial charge in [-0.25, -0.2) is 26.3 Å². The summed E-state index contributed by atoms with van der Waals surface area (Å²) in [6.45, 7) is 2.63. The maximum absolute atomic E-state index is 15.3.